The minimum absolute atomic E-state index is 0.264. The van der Waals surface area contributed by atoms with Gasteiger partial charge in [0.05, 0.1) is 16.4 Å². The number of rotatable bonds is 3. The van der Waals surface area contributed by atoms with E-state index in [-0.39, 0.29) is 10.8 Å². The summed E-state index contributed by atoms with van der Waals surface area (Å²) in [6, 6.07) is 7.90. The summed E-state index contributed by atoms with van der Waals surface area (Å²) in [4.78, 5) is 1.95. The van der Waals surface area contributed by atoms with E-state index in [1.54, 1.807) is 0 Å². The molecule has 0 atom stereocenters. The van der Waals surface area contributed by atoms with Crippen LogP contribution in [0, 0.1) is 17.7 Å². The van der Waals surface area contributed by atoms with Crippen LogP contribution in [0.3, 0.4) is 0 Å². The lowest BCUT2D eigenvalue weighted by Crippen LogP contribution is -1.93. The summed E-state index contributed by atoms with van der Waals surface area (Å²) in [7, 11) is 0. The lowest BCUT2D eigenvalue weighted by Gasteiger charge is -2.06. The Kier molecular flexibility index (Phi) is 4.80. The molecule has 0 aliphatic rings. The Morgan fingerprint density at radius 2 is 2.16 bits per heavy atom. The Labute approximate surface area is 120 Å². The average Bonchev–Trinajstić information content (AvgIpc) is 2.83. The van der Waals surface area contributed by atoms with Gasteiger partial charge >= 0.3 is 0 Å². The first-order valence-corrected chi connectivity index (χ1v) is 6.74. The molecule has 2 rings (SSSR count). The summed E-state index contributed by atoms with van der Waals surface area (Å²) in [6.07, 6.45) is 0. The summed E-state index contributed by atoms with van der Waals surface area (Å²) in [5.74, 6) is 5.83. The first-order valence-electron chi connectivity index (χ1n) is 5.54. The maximum absolute atomic E-state index is 12.9. The average molecular weight is 296 g/mol. The van der Waals surface area contributed by atoms with Crippen molar-refractivity contribution in [1.29, 1.82) is 0 Å². The van der Waals surface area contributed by atoms with Crippen molar-refractivity contribution in [2.75, 3.05) is 6.54 Å². The maximum Gasteiger partial charge on any atom is 0.138 e. The van der Waals surface area contributed by atoms with Gasteiger partial charge in [0.25, 0.3) is 0 Å². The van der Waals surface area contributed by atoms with Gasteiger partial charge in [-0.3, -0.25) is 0 Å². The zero-order valence-electron chi connectivity index (χ0n) is 9.95. The second-order valence-electron chi connectivity index (χ2n) is 3.64. The lowest BCUT2D eigenvalue weighted by atomic mass is 10.3. The van der Waals surface area contributed by atoms with Crippen molar-refractivity contribution in [3.63, 3.8) is 0 Å². The second kappa shape index (κ2) is 6.58. The van der Waals surface area contributed by atoms with E-state index in [0.717, 1.165) is 9.75 Å². The summed E-state index contributed by atoms with van der Waals surface area (Å²) in [5.41, 5.74) is 5.31. The first-order chi connectivity index (χ1) is 9.19. The molecule has 1 aromatic carbocycles. The molecule has 0 bridgehead atoms. The number of thiophene rings is 1. The molecule has 0 amide bonds. The number of ether oxygens (including phenoxy) is 1. The smallest absolute Gasteiger partial charge is 0.138 e. The van der Waals surface area contributed by atoms with Crippen molar-refractivity contribution >= 4 is 22.9 Å². The number of halogens is 2. The third-order valence-corrected chi connectivity index (χ3v) is 3.51. The fourth-order valence-electron chi connectivity index (χ4n) is 1.40. The molecular weight excluding hydrogens is 285 g/mol. The van der Waals surface area contributed by atoms with Crippen LogP contribution in [0.25, 0.3) is 0 Å². The van der Waals surface area contributed by atoms with Gasteiger partial charge in [-0.05, 0) is 30.3 Å². The van der Waals surface area contributed by atoms with Gasteiger partial charge in [-0.1, -0.05) is 23.4 Å². The van der Waals surface area contributed by atoms with Crippen molar-refractivity contribution in [2.45, 2.75) is 6.61 Å². The number of hydrogen-bond donors (Lipinski definition) is 1. The molecule has 2 N–H and O–H groups in total. The fraction of sp³-hybridized carbons (Fsp3) is 0.143. The summed E-state index contributed by atoms with van der Waals surface area (Å²) in [6.45, 7) is 0.718. The van der Waals surface area contributed by atoms with Crippen LogP contribution < -0.4 is 10.5 Å². The molecule has 0 spiro atoms. The van der Waals surface area contributed by atoms with Crippen LogP contribution in [-0.2, 0) is 6.61 Å². The Bertz CT molecular complexity index is 630. The lowest BCUT2D eigenvalue weighted by molar-refractivity contribution is 0.309. The topological polar surface area (TPSA) is 35.2 Å². The Morgan fingerprint density at radius 3 is 2.89 bits per heavy atom. The molecule has 0 saturated heterocycles. The number of benzene rings is 1. The van der Waals surface area contributed by atoms with E-state index >= 15 is 0 Å². The van der Waals surface area contributed by atoms with Crippen LogP contribution in [0.15, 0.2) is 30.3 Å². The van der Waals surface area contributed by atoms with Gasteiger partial charge in [-0.2, -0.15) is 0 Å². The van der Waals surface area contributed by atoms with Crippen LogP contribution in [0.2, 0.25) is 5.02 Å². The van der Waals surface area contributed by atoms with Crippen LogP contribution >= 0.6 is 22.9 Å². The molecule has 1 aromatic heterocycles. The molecule has 19 heavy (non-hydrogen) atoms. The van der Waals surface area contributed by atoms with Crippen molar-refractivity contribution in [1.82, 2.24) is 0 Å². The predicted octanol–water partition coefficient (Wildman–Crippen LogP) is 3.43. The van der Waals surface area contributed by atoms with Gasteiger partial charge in [0.2, 0.25) is 0 Å². The van der Waals surface area contributed by atoms with Gasteiger partial charge in [-0.25, -0.2) is 4.39 Å². The van der Waals surface area contributed by atoms with E-state index in [4.69, 9.17) is 22.1 Å². The van der Waals surface area contributed by atoms with Gasteiger partial charge in [0.1, 0.15) is 18.2 Å². The highest BCUT2D eigenvalue weighted by Crippen LogP contribution is 2.26. The first kappa shape index (κ1) is 13.9. The van der Waals surface area contributed by atoms with Crippen LogP contribution in [-0.4, -0.2) is 6.54 Å². The van der Waals surface area contributed by atoms with E-state index in [9.17, 15) is 4.39 Å². The molecule has 2 nitrogen and oxygen atoms in total. The summed E-state index contributed by atoms with van der Waals surface area (Å²) in [5, 5.41) is 0.264. The van der Waals surface area contributed by atoms with Gasteiger partial charge in [0.15, 0.2) is 0 Å². The van der Waals surface area contributed by atoms with Gasteiger partial charge in [-0.15, -0.1) is 11.3 Å². The van der Waals surface area contributed by atoms with Crippen molar-refractivity contribution < 1.29 is 9.13 Å². The minimum Gasteiger partial charge on any atom is -0.487 e. The number of hydrogen-bond acceptors (Lipinski definition) is 3. The van der Waals surface area contributed by atoms with Gasteiger partial charge in [0, 0.05) is 4.88 Å². The van der Waals surface area contributed by atoms with E-state index in [1.807, 2.05) is 12.1 Å². The monoisotopic (exact) mass is 295 g/mol. The number of nitrogens with two attached hydrogens (primary N) is 1. The quantitative estimate of drug-likeness (QED) is 0.881. The summed E-state index contributed by atoms with van der Waals surface area (Å²) < 4.78 is 18.4. The predicted molar refractivity (Wildman–Crippen MR) is 76.0 cm³/mol. The van der Waals surface area contributed by atoms with Crippen molar-refractivity contribution in [3.05, 3.63) is 50.9 Å². The SMILES string of the molecule is NCC#Cc1ccc(COc2ccc(F)cc2Cl)s1. The molecule has 98 valence electrons. The zero-order chi connectivity index (χ0) is 13.7. The minimum atomic E-state index is -0.382. The second-order valence-corrected chi connectivity index (χ2v) is 5.21. The summed E-state index contributed by atoms with van der Waals surface area (Å²) >= 11 is 7.40. The molecule has 1 heterocycles. The van der Waals surface area contributed by atoms with Crippen molar-refractivity contribution in [2.24, 2.45) is 5.73 Å². The fourth-order valence-corrected chi connectivity index (χ4v) is 2.42. The van der Waals surface area contributed by atoms with E-state index in [1.165, 1.54) is 29.5 Å². The highest BCUT2D eigenvalue weighted by molar-refractivity contribution is 7.12. The molecule has 0 fully saturated rings. The highest BCUT2D eigenvalue weighted by Gasteiger charge is 2.04. The normalized spacial score (nSPS) is 9.84. The van der Waals surface area contributed by atoms with E-state index < -0.39 is 0 Å². The standard InChI is InChI=1S/C14H11ClFNOS/c15-13-8-10(16)3-6-14(13)18-9-12-5-4-11(19-12)2-1-7-17/h3-6,8H,7,9,17H2. The molecule has 5 heteroatoms. The molecule has 0 saturated carbocycles. The molecule has 2 aromatic rings. The third-order valence-electron chi connectivity index (χ3n) is 2.24. The maximum atomic E-state index is 12.9. The van der Waals surface area contributed by atoms with E-state index in [0.29, 0.717) is 18.9 Å². The third kappa shape index (κ3) is 3.97. The highest BCUT2D eigenvalue weighted by atomic mass is 35.5. The van der Waals surface area contributed by atoms with E-state index in [2.05, 4.69) is 11.8 Å². The Hall–Kier alpha value is -1.54. The van der Waals surface area contributed by atoms with Crippen molar-refractivity contribution in [3.8, 4) is 17.6 Å². The van der Waals surface area contributed by atoms with Crippen LogP contribution in [0.5, 0.6) is 5.75 Å². The van der Waals surface area contributed by atoms with Crippen LogP contribution in [0.1, 0.15) is 9.75 Å². The molecule has 0 radical (unpaired) electrons. The Morgan fingerprint density at radius 1 is 1.32 bits per heavy atom. The zero-order valence-corrected chi connectivity index (χ0v) is 11.5. The van der Waals surface area contributed by atoms with Gasteiger partial charge < -0.3 is 10.5 Å². The molecular formula is C14H11ClFNOS. The largest absolute Gasteiger partial charge is 0.487 e. The Balaban J connectivity index is 2.00. The molecule has 0 aliphatic heterocycles. The molecule has 0 aliphatic carbocycles. The molecule has 0 unspecified atom stereocenters. The van der Waals surface area contributed by atoms with Crippen LogP contribution in [0.4, 0.5) is 4.39 Å².